The molecular weight excluding hydrogens is 1160 g/mol. The molecule has 0 saturated heterocycles. The Bertz CT molecular complexity index is 1970. The Balaban J connectivity index is 4.05. The number of phosphoric acid groups is 1. The molecule has 2 unspecified atom stereocenters. The van der Waals surface area contributed by atoms with Crippen molar-refractivity contribution in [3.8, 4) is 0 Å². The number of unbranched alkanes of at least 4 members (excludes halogenated alkanes) is 36. The Hall–Kier alpha value is -3.59. The van der Waals surface area contributed by atoms with Crippen LogP contribution in [0.5, 0.6) is 0 Å². The number of quaternary nitrogens is 1. The number of esters is 2. The van der Waals surface area contributed by atoms with E-state index in [2.05, 4.69) is 135 Å². The second-order valence-electron chi connectivity index (χ2n) is 26.6. The van der Waals surface area contributed by atoms with Crippen LogP contribution in [0.15, 0.2) is 122 Å². The lowest BCUT2D eigenvalue weighted by Crippen LogP contribution is -2.37. The molecule has 0 N–H and O–H groups in total. The summed E-state index contributed by atoms with van der Waals surface area (Å²) >= 11 is 0. The third-order valence-corrected chi connectivity index (χ3v) is 17.4. The molecule has 0 aromatic rings. The fraction of sp³-hybridized carbons (Fsp3) is 0.732. The van der Waals surface area contributed by atoms with Gasteiger partial charge in [-0.05, 0) is 109 Å². The van der Waals surface area contributed by atoms with Gasteiger partial charge < -0.3 is 27.9 Å². The summed E-state index contributed by atoms with van der Waals surface area (Å²) in [5, 5.41) is 0. The Morgan fingerprint density at radius 1 is 0.348 bits per heavy atom. The van der Waals surface area contributed by atoms with Crippen molar-refractivity contribution in [2.75, 3.05) is 47.5 Å². The SMILES string of the molecule is CC/C=C\C/C=C\C/C=C\C/C=C\C/C=C\C/C=C\C/C=C\C/C=C\C/C=C\CCCCCC(=O)OC(COC(=O)CCCCCCCCCCCCCCCCCCCCCCCCCCC/C=C\CCCCCCCCCC)COP(=O)([O-])OCC[N+](C)(C)C. The number of hydrogen-bond donors (Lipinski definition) is 0. The zero-order chi connectivity index (χ0) is 66.9. The highest BCUT2D eigenvalue weighted by molar-refractivity contribution is 7.45. The average Bonchev–Trinajstić information content (AvgIpc) is 2.14. The lowest BCUT2D eigenvalue weighted by molar-refractivity contribution is -0.870. The van der Waals surface area contributed by atoms with Crippen molar-refractivity contribution in [2.24, 2.45) is 0 Å². The van der Waals surface area contributed by atoms with Gasteiger partial charge in [0.25, 0.3) is 7.82 Å². The third-order valence-electron chi connectivity index (χ3n) is 16.5. The number of phosphoric ester groups is 1. The highest BCUT2D eigenvalue weighted by Gasteiger charge is 2.22. The van der Waals surface area contributed by atoms with Crippen LogP contribution < -0.4 is 4.89 Å². The van der Waals surface area contributed by atoms with Crippen molar-refractivity contribution < 1.29 is 42.1 Å². The molecule has 0 saturated carbocycles. The monoisotopic (exact) mass is 1300 g/mol. The second kappa shape index (κ2) is 71.7. The number of carbonyl (C=O) groups is 2. The van der Waals surface area contributed by atoms with Crippen LogP contribution in [0.1, 0.15) is 335 Å². The predicted molar refractivity (Wildman–Crippen MR) is 397 cm³/mol. The number of nitrogens with zero attached hydrogens (tertiary/aromatic N) is 1. The summed E-state index contributed by atoms with van der Waals surface area (Å²) in [5.41, 5.74) is 0. The molecule has 9 nitrogen and oxygen atoms in total. The van der Waals surface area contributed by atoms with Crippen molar-refractivity contribution in [1.29, 1.82) is 0 Å². The van der Waals surface area contributed by atoms with Gasteiger partial charge >= 0.3 is 11.9 Å². The van der Waals surface area contributed by atoms with Gasteiger partial charge in [0.05, 0.1) is 27.7 Å². The highest BCUT2D eigenvalue weighted by Crippen LogP contribution is 2.38. The number of ether oxygens (including phenoxy) is 2. The van der Waals surface area contributed by atoms with Crippen LogP contribution in [-0.2, 0) is 32.7 Å². The molecule has 0 heterocycles. The Labute approximate surface area is 568 Å². The number of rotatable bonds is 70. The molecule has 0 aliphatic carbocycles. The maximum absolute atomic E-state index is 12.9. The van der Waals surface area contributed by atoms with E-state index in [9.17, 15) is 19.0 Å². The smallest absolute Gasteiger partial charge is 0.306 e. The van der Waals surface area contributed by atoms with E-state index in [4.69, 9.17) is 18.5 Å². The molecule has 0 bridgehead atoms. The van der Waals surface area contributed by atoms with Gasteiger partial charge in [-0.25, -0.2) is 0 Å². The minimum atomic E-state index is -4.66. The summed E-state index contributed by atoms with van der Waals surface area (Å²) in [6, 6.07) is 0. The third kappa shape index (κ3) is 75.4. The quantitative estimate of drug-likeness (QED) is 0.0195. The van der Waals surface area contributed by atoms with Crippen LogP contribution >= 0.6 is 7.82 Å². The fourth-order valence-corrected chi connectivity index (χ4v) is 11.4. The zero-order valence-electron chi connectivity index (χ0n) is 60.5. The van der Waals surface area contributed by atoms with Gasteiger partial charge in [-0.3, -0.25) is 14.2 Å². The van der Waals surface area contributed by atoms with Crippen LogP contribution in [0, 0.1) is 0 Å². The van der Waals surface area contributed by atoms with Gasteiger partial charge in [-0.15, -0.1) is 0 Å². The summed E-state index contributed by atoms with van der Waals surface area (Å²) in [6.07, 6.45) is 103. The lowest BCUT2D eigenvalue weighted by Gasteiger charge is -2.28. The molecule has 0 aromatic heterocycles. The molecule has 0 spiro atoms. The number of hydrogen-bond acceptors (Lipinski definition) is 8. The topological polar surface area (TPSA) is 111 Å². The van der Waals surface area contributed by atoms with Gasteiger partial charge in [-0.1, -0.05) is 334 Å². The summed E-state index contributed by atoms with van der Waals surface area (Å²) < 4.78 is 34.3. The van der Waals surface area contributed by atoms with Crippen LogP contribution in [0.3, 0.4) is 0 Å². The van der Waals surface area contributed by atoms with E-state index in [1.54, 1.807) is 0 Å². The molecule has 530 valence electrons. The first-order valence-corrected chi connectivity index (χ1v) is 39.7. The van der Waals surface area contributed by atoms with Gasteiger partial charge in [0.1, 0.15) is 19.8 Å². The molecule has 10 heteroatoms. The van der Waals surface area contributed by atoms with Crippen LogP contribution in [-0.4, -0.2) is 70.0 Å². The fourth-order valence-electron chi connectivity index (χ4n) is 10.6. The molecule has 0 aliphatic heterocycles. The van der Waals surface area contributed by atoms with Crippen molar-refractivity contribution >= 4 is 19.8 Å². The van der Waals surface area contributed by atoms with Gasteiger partial charge in [0, 0.05) is 12.8 Å². The van der Waals surface area contributed by atoms with Gasteiger partial charge in [-0.2, -0.15) is 0 Å². The molecular formula is C82H144NO8P. The number of carbonyl (C=O) groups excluding carboxylic acids is 2. The summed E-state index contributed by atoms with van der Waals surface area (Å²) in [7, 11) is 1.14. The van der Waals surface area contributed by atoms with Crippen LogP contribution in [0.25, 0.3) is 0 Å². The first-order chi connectivity index (χ1) is 45.0. The first kappa shape index (κ1) is 88.4. The Morgan fingerprint density at radius 3 is 0.946 bits per heavy atom. The average molecular weight is 1300 g/mol. The van der Waals surface area contributed by atoms with E-state index in [1.165, 1.54) is 205 Å². The molecule has 0 aliphatic rings. The highest BCUT2D eigenvalue weighted by atomic mass is 31.2. The number of likely N-dealkylation sites (N-methyl/N-ethyl adjacent to an activating group) is 1. The molecule has 0 radical (unpaired) electrons. The summed E-state index contributed by atoms with van der Waals surface area (Å²) in [4.78, 5) is 38.1. The predicted octanol–water partition coefficient (Wildman–Crippen LogP) is 24.8. The van der Waals surface area contributed by atoms with E-state index >= 15 is 0 Å². The van der Waals surface area contributed by atoms with E-state index in [-0.39, 0.29) is 26.1 Å². The largest absolute Gasteiger partial charge is 0.756 e. The Kier molecular flexibility index (Phi) is 68.9. The van der Waals surface area contributed by atoms with E-state index < -0.39 is 32.5 Å². The maximum Gasteiger partial charge on any atom is 0.306 e. The second-order valence-corrected chi connectivity index (χ2v) is 28.0. The molecule has 0 fully saturated rings. The normalized spacial score (nSPS) is 13.8. The standard InChI is InChI=1S/C82H144NO8P/c1-6-8-10-12-14-16-18-20-22-24-26-28-30-32-34-36-38-39-40-41-42-43-45-46-48-50-52-54-56-58-60-62-64-66-68-70-72-74-81(84)88-78-80(79-90-92(86,87)89-77-76-83(3,4)5)91-82(85)75-73-71-69-67-65-63-61-59-57-55-53-51-49-47-44-37-35-33-31-29-27-25-23-21-19-17-15-13-11-9-7-2/h9,11,15,17,21,23-24,26-27,29,33,35,44,47,51,53,57,59,63,65,80H,6-8,10,12-14,16,18-20,22,25,28,30-32,34,36-43,45-46,48-50,52,54-56,58,60-62,64,66-79H2,1-5H3/b11-9-,17-15-,23-21-,26-24-,29-27-,35-33-,47-44-,53-51-,59-57-,65-63-. The Morgan fingerprint density at radius 2 is 0.620 bits per heavy atom. The zero-order valence-corrected chi connectivity index (χ0v) is 61.4. The lowest BCUT2D eigenvalue weighted by atomic mass is 10.0. The van der Waals surface area contributed by atoms with Crippen molar-refractivity contribution in [3.05, 3.63) is 122 Å². The van der Waals surface area contributed by atoms with E-state index in [0.29, 0.717) is 17.4 Å². The molecule has 0 amide bonds. The summed E-state index contributed by atoms with van der Waals surface area (Å²) in [5.74, 6) is -0.868. The van der Waals surface area contributed by atoms with E-state index in [0.717, 1.165) is 96.3 Å². The summed E-state index contributed by atoms with van der Waals surface area (Å²) in [6.45, 7) is 4.11. The van der Waals surface area contributed by atoms with Gasteiger partial charge in [0.2, 0.25) is 0 Å². The van der Waals surface area contributed by atoms with Crippen molar-refractivity contribution in [2.45, 2.75) is 341 Å². The molecule has 92 heavy (non-hydrogen) atoms. The molecule has 0 aromatic carbocycles. The van der Waals surface area contributed by atoms with Crippen molar-refractivity contribution in [1.82, 2.24) is 0 Å². The van der Waals surface area contributed by atoms with Crippen molar-refractivity contribution in [3.63, 3.8) is 0 Å². The maximum atomic E-state index is 12.9. The van der Waals surface area contributed by atoms with E-state index in [1.807, 2.05) is 21.1 Å². The minimum absolute atomic E-state index is 0.0426. The van der Waals surface area contributed by atoms with Gasteiger partial charge in [0.15, 0.2) is 6.10 Å². The molecule has 0 rings (SSSR count). The van der Waals surface area contributed by atoms with Crippen LogP contribution in [0.2, 0.25) is 0 Å². The first-order valence-electron chi connectivity index (χ1n) is 38.2. The number of allylic oxidation sites excluding steroid dienone is 20. The minimum Gasteiger partial charge on any atom is -0.756 e. The van der Waals surface area contributed by atoms with Crippen LogP contribution in [0.4, 0.5) is 0 Å². The molecule has 2 atom stereocenters.